The summed E-state index contributed by atoms with van der Waals surface area (Å²) in [5.74, 6) is -0.923. The Hall–Kier alpha value is -1.49. The Bertz CT molecular complexity index is 603. The Morgan fingerprint density at radius 2 is 1.81 bits per heavy atom. The van der Waals surface area contributed by atoms with Gasteiger partial charge in [-0.05, 0) is 33.6 Å². The third kappa shape index (κ3) is 2.55. The number of rotatable bonds is 2. The van der Waals surface area contributed by atoms with Gasteiger partial charge in [0, 0.05) is 24.2 Å². The van der Waals surface area contributed by atoms with Crippen molar-refractivity contribution in [1.82, 2.24) is 14.9 Å². The Labute approximate surface area is 123 Å². The normalized spacial score (nSPS) is 25.4. The number of aromatic nitrogens is 2. The van der Waals surface area contributed by atoms with Crippen LogP contribution < -0.4 is 0 Å². The molecular formula is C16H21F2N3. The van der Waals surface area contributed by atoms with Crippen LogP contribution in [0.15, 0.2) is 12.1 Å². The highest BCUT2D eigenvalue weighted by Crippen LogP contribution is 2.32. The van der Waals surface area contributed by atoms with E-state index in [9.17, 15) is 8.78 Å². The van der Waals surface area contributed by atoms with Gasteiger partial charge in [-0.3, -0.25) is 4.90 Å². The molecular weight excluding hydrogens is 272 g/mol. The number of likely N-dealkylation sites (tertiary alicyclic amines) is 1. The number of nitrogens with zero attached hydrogens (tertiary/aromatic N) is 2. The Kier molecular flexibility index (Phi) is 3.69. The number of fused-ring (bicyclic) bond motifs is 1. The summed E-state index contributed by atoms with van der Waals surface area (Å²) < 4.78 is 26.6. The molecule has 21 heavy (non-hydrogen) atoms. The average molecular weight is 293 g/mol. The van der Waals surface area contributed by atoms with Crippen molar-refractivity contribution >= 4 is 11.0 Å². The van der Waals surface area contributed by atoms with E-state index >= 15 is 0 Å². The molecule has 2 heterocycles. The summed E-state index contributed by atoms with van der Waals surface area (Å²) >= 11 is 0. The van der Waals surface area contributed by atoms with Crippen molar-refractivity contribution in [1.29, 1.82) is 0 Å². The van der Waals surface area contributed by atoms with Gasteiger partial charge in [0.15, 0.2) is 11.6 Å². The first-order valence-electron chi connectivity index (χ1n) is 7.59. The molecule has 0 radical (unpaired) electrons. The highest BCUT2D eigenvalue weighted by molar-refractivity contribution is 5.75. The molecule has 1 N–H and O–H groups in total. The lowest BCUT2D eigenvalue weighted by Crippen LogP contribution is -2.45. The van der Waals surface area contributed by atoms with E-state index in [2.05, 4.69) is 35.6 Å². The standard InChI is InChI=1S/C16H21F2N3/c1-9-5-4-6-10(2)21(9)11(3)16-19-14-7-12(17)13(18)8-15(14)20-16/h7-11H,4-6H2,1-3H3,(H,19,20). The number of benzene rings is 1. The summed E-state index contributed by atoms with van der Waals surface area (Å²) in [6.45, 7) is 6.56. The lowest BCUT2D eigenvalue weighted by atomic mass is 9.95. The number of aromatic amines is 1. The van der Waals surface area contributed by atoms with E-state index in [1.165, 1.54) is 25.3 Å². The Morgan fingerprint density at radius 1 is 1.19 bits per heavy atom. The summed E-state index contributed by atoms with van der Waals surface area (Å²) in [4.78, 5) is 10.0. The lowest BCUT2D eigenvalue weighted by molar-refractivity contribution is 0.0590. The molecule has 1 aliphatic heterocycles. The third-order valence-corrected chi connectivity index (χ3v) is 4.65. The van der Waals surface area contributed by atoms with Gasteiger partial charge in [0.25, 0.3) is 0 Å². The molecule has 1 aromatic heterocycles. The molecule has 1 saturated heterocycles. The van der Waals surface area contributed by atoms with Gasteiger partial charge in [-0.2, -0.15) is 0 Å². The molecule has 5 heteroatoms. The molecule has 1 aliphatic rings. The van der Waals surface area contributed by atoms with Crippen molar-refractivity contribution in [2.45, 2.75) is 58.2 Å². The van der Waals surface area contributed by atoms with E-state index in [0.717, 1.165) is 11.9 Å². The topological polar surface area (TPSA) is 31.9 Å². The number of H-pyrrole nitrogens is 1. The van der Waals surface area contributed by atoms with Crippen molar-refractivity contribution in [2.75, 3.05) is 0 Å². The van der Waals surface area contributed by atoms with Gasteiger partial charge in [-0.15, -0.1) is 0 Å². The second kappa shape index (κ2) is 5.37. The summed E-state index contributed by atoms with van der Waals surface area (Å²) in [6.07, 6.45) is 3.61. The first-order valence-corrected chi connectivity index (χ1v) is 7.59. The third-order valence-electron chi connectivity index (χ3n) is 4.65. The van der Waals surface area contributed by atoms with Gasteiger partial charge < -0.3 is 4.98 Å². The molecule has 2 aromatic rings. The smallest absolute Gasteiger partial charge is 0.161 e. The molecule has 3 nitrogen and oxygen atoms in total. The van der Waals surface area contributed by atoms with Crippen LogP contribution in [0.2, 0.25) is 0 Å². The van der Waals surface area contributed by atoms with Crippen LogP contribution in [0.3, 0.4) is 0 Å². The molecule has 1 aromatic carbocycles. The van der Waals surface area contributed by atoms with Crippen LogP contribution in [0.25, 0.3) is 11.0 Å². The van der Waals surface area contributed by atoms with Crippen LogP contribution in [-0.4, -0.2) is 27.0 Å². The number of hydrogen-bond donors (Lipinski definition) is 1. The zero-order chi connectivity index (χ0) is 15.1. The maximum absolute atomic E-state index is 13.3. The molecule has 3 rings (SSSR count). The first kappa shape index (κ1) is 14.4. The Morgan fingerprint density at radius 3 is 2.48 bits per heavy atom. The highest BCUT2D eigenvalue weighted by atomic mass is 19.2. The van der Waals surface area contributed by atoms with Crippen molar-refractivity contribution in [3.8, 4) is 0 Å². The van der Waals surface area contributed by atoms with E-state index in [4.69, 9.17) is 0 Å². The highest BCUT2D eigenvalue weighted by Gasteiger charge is 2.31. The van der Waals surface area contributed by atoms with Crippen molar-refractivity contribution in [3.63, 3.8) is 0 Å². The SMILES string of the molecule is CC1CCCC(C)N1C(C)c1nc2cc(F)c(F)cc2[nH]1. The van der Waals surface area contributed by atoms with Gasteiger partial charge in [0.1, 0.15) is 5.82 Å². The molecule has 0 aliphatic carbocycles. The number of hydrogen-bond acceptors (Lipinski definition) is 2. The minimum absolute atomic E-state index is 0.105. The zero-order valence-electron chi connectivity index (χ0n) is 12.7. The van der Waals surface area contributed by atoms with Crippen LogP contribution in [0.1, 0.15) is 51.9 Å². The van der Waals surface area contributed by atoms with Crippen LogP contribution in [-0.2, 0) is 0 Å². The fourth-order valence-electron chi connectivity index (χ4n) is 3.57. The largest absolute Gasteiger partial charge is 0.341 e. The van der Waals surface area contributed by atoms with E-state index in [0.29, 0.717) is 23.1 Å². The van der Waals surface area contributed by atoms with Gasteiger partial charge in [0.2, 0.25) is 0 Å². The number of halogens is 2. The lowest BCUT2D eigenvalue weighted by Gasteiger charge is -2.42. The van der Waals surface area contributed by atoms with Crippen molar-refractivity contribution in [3.05, 3.63) is 29.6 Å². The van der Waals surface area contributed by atoms with E-state index in [1.807, 2.05) is 0 Å². The number of piperidine rings is 1. The van der Waals surface area contributed by atoms with Gasteiger partial charge in [0.05, 0.1) is 17.1 Å². The molecule has 0 saturated carbocycles. The zero-order valence-corrected chi connectivity index (χ0v) is 12.7. The quantitative estimate of drug-likeness (QED) is 0.901. The molecule has 0 bridgehead atoms. The van der Waals surface area contributed by atoms with Crippen LogP contribution in [0.5, 0.6) is 0 Å². The number of imidazole rings is 1. The molecule has 1 fully saturated rings. The predicted molar refractivity (Wildman–Crippen MR) is 79.0 cm³/mol. The van der Waals surface area contributed by atoms with Crippen LogP contribution >= 0.6 is 0 Å². The van der Waals surface area contributed by atoms with E-state index < -0.39 is 11.6 Å². The van der Waals surface area contributed by atoms with Gasteiger partial charge in [-0.25, -0.2) is 13.8 Å². The summed E-state index contributed by atoms with van der Waals surface area (Å²) in [5.41, 5.74) is 1.03. The minimum Gasteiger partial charge on any atom is -0.341 e. The Balaban J connectivity index is 1.95. The second-order valence-corrected chi connectivity index (χ2v) is 6.16. The fourth-order valence-corrected chi connectivity index (χ4v) is 3.57. The van der Waals surface area contributed by atoms with Crippen LogP contribution in [0.4, 0.5) is 8.78 Å². The first-order chi connectivity index (χ1) is 9.97. The molecule has 0 spiro atoms. The maximum Gasteiger partial charge on any atom is 0.161 e. The van der Waals surface area contributed by atoms with Crippen molar-refractivity contribution in [2.24, 2.45) is 0 Å². The second-order valence-electron chi connectivity index (χ2n) is 6.16. The number of nitrogens with one attached hydrogen (secondary N) is 1. The molecule has 3 atom stereocenters. The van der Waals surface area contributed by atoms with Gasteiger partial charge in [-0.1, -0.05) is 6.42 Å². The molecule has 3 unspecified atom stereocenters. The maximum atomic E-state index is 13.3. The molecule has 0 amide bonds. The fraction of sp³-hybridized carbons (Fsp3) is 0.562. The summed E-state index contributed by atoms with van der Waals surface area (Å²) in [6, 6.07) is 3.42. The van der Waals surface area contributed by atoms with Gasteiger partial charge >= 0.3 is 0 Å². The summed E-state index contributed by atoms with van der Waals surface area (Å²) in [5, 5.41) is 0. The summed E-state index contributed by atoms with van der Waals surface area (Å²) in [7, 11) is 0. The molecule has 114 valence electrons. The van der Waals surface area contributed by atoms with E-state index in [1.54, 1.807) is 0 Å². The minimum atomic E-state index is -0.854. The average Bonchev–Trinajstić information content (AvgIpc) is 2.82. The predicted octanol–water partition coefficient (Wildman–Crippen LogP) is 4.17. The van der Waals surface area contributed by atoms with Crippen molar-refractivity contribution < 1.29 is 8.78 Å². The monoisotopic (exact) mass is 293 g/mol. The van der Waals surface area contributed by atoms with Crippen LogP contribution in [0, 0.1) is 11.6 Å². The van der Waals surface area contributed by atoms with E-state index in [-0.39, 0.29) is 6.04 Å².